The third-order valence-electron chi connectivity index (χ3n) is 7.29. The quantitative estimate of drug-likeness (QED) is 0.463. The Bertz CT molecular complexity index is 294. The zero-order valence-corrected chi connectivity index (χ0v) is 14.5. The van der Waals surface area contributed by atoms with Crippen LogP contribution in [0.4, 0.5) is 0 Å². The van der Waals surface area contributed by atoms with Crippen LogP contribution in [0.25, 0.3) is 0 Å². The van der Waals surface area contributed by atoms with Gasteiger partial charge in [0.15, 0.2) is 0 Å². The van der Waals surface area contributed by atoms with E-state index in [0.717, 1.165) is 29.6 Å². The molecule has 0 aliphatic heterocycles. The van der Waals surface area contributed by atoms with Crippen LogP contribution in [0.15, 0.2) is 0 Å². The minimum atomic E-state index is 1.10. The van der Waals surface area contributed by atoms with Gasteiger partial charge >= 0.3 is 0 Å². The largest absolute Gasteiger partial charge is 0.0654 e. The molecule has 0 heteroatoms. The molecule has 122 valence electrons. The van der Waals surface area contributed by atoms with Crippen molar-refractivity contribution in [3.63, 3.8) is 0 Å². The topological polar surface area (TPSA) is 0 Å². The van der Waals surface area contributed by atoms with Gasteiger partial charge in [-0.1, -0.05) is 71.1 Å². The lowest BCUT2D eigenvalue weighted by molar-refractivity contribution is 0.0101. The maximum Gasteiger partial charge on any atom is -0.0355 e. The summed E-state index contributed by atoms with van der Waals surface area (Å²) >= 11 is 0. The van der Waals surface area contributed by atoms with Gasteiger partial charge in [0, 0.05) is 0 Å². The van der Waals surface area contributed by atoms with E-state index >= 15 is 0 Å². The van der Waals surface area contributed by atoms with Crippen LogP contribution in [0.3, 0.4) is 0 Å². The highest BCUT2D eigenvalue weighted by atomic mass is 14.5. The molecule has 5 atom stereocenters. The fourth-order valence-corrected chi connectivity index (χ4v) is 6.17. The van der Waals surface area contributed by atoms with E-state index in [4.69, 9.17) is 0 Å². The first-order valence-electron chi connectivity index (χ1n) is 10.4. The van der Waals surface area contributed by atoms with Crippen molar-refractivity contribution in [3.05, 3.63) is 0 Å². The Hall–Kier alpha value is 0. The minimum Gasteiger partial charge on any atom is -0.0654 e. The molecule has 0 spiro atoms. The Balaban J connectivity index is 1.42. The van der Waals surface area contributed by atoms with Gasteiger partial charge in [0.2, 0.25) is 0 Å². The van der Waals surface area contributed by atoms with Crippen LogP contribution in [-0.2, 0) is 0 Å². The van der Waals surface area contributed by atoms with Crippen LogP contribution >= 0.6 is 0 Å². The summed E-state index contributed by atoms with van der Waals surface area (Å²) in [5.74, 6) is 5.70. The molecular formula is C21H38. The molecule has 0 aromatic heterocycles. The fourth-order valence-electron chi connectivity index (χ4n) is 6.17. The van der Waals surface area contributed by atoms with Gasteiger partial charge in [0.05, 0.1) is 0 Å². The molecule has 0 heterocycles. The van der Waals surface area contributed by atoms with E-state index in [1.807, 2.05) is 0 Å². The van der Waals surface area contributed by atoms with Crippen molar-refractivity contribution in [1.82, 2.24) is 0 Å². The van der Waals surface area contributed by atoms with Crippen LogP contribution in [0, 0.1) is 29.6 Å². The molecule has 0 aromatic rings. The Labute approximate surface area is 133 Å². The number of hydrogen-bond acceptors (Lipinski definition) is 0. The van der Waals surface area contributed by atoms with Crippen molar-refractivity contribution in [2.45, 2.75) is 103 Å². The molecule has 0 radical (unpaired) electrons. The maximum absolute atomic E-state index is 2.32. The summed E-state index contributed by atoms with van der Waals surface area (Å²) in [4.78, 5) is 0. The highest BCUT2D eigenvalue weighted by Crippen LogP contribution is 2.52. The second kappa shape index (κ2) is 8.02. The Morgan fingerprint density at radius 3 is 2.33 bits per heavy atom. The highest BCUT2D eigenvalue weighted by Gasteiger charge is 2.42. The molecule has 5 unspecified atom stereocenters. The van der Waals surface area contributed by atoms with Crippen molar-refractivity contribution < 1.29 is 0 Å². The van der Waals surface area contributed by atoms with Crippen molar-refractivity contribution in [2.75, 3.05) is 0 Å². The van der Waals surface area contributed by atoms with E-state index in [-0.39, 0.29) is 0 Å². The summed E-state index contributed by atoms with van der Waals surface area (Å²) in [5.41, 5.74) is 0. The van der Waals surface area contributed by atoms with Gasteiger partial charge in [0.1, 0.15) is 0 Å². The summed E-state index contributed by atoms with van der Waals surface area (Å²) in [6.07, 6.45) is 23.1. The van der Waals surface area contributed by atoms with Crippen molar-refractivity contribution in [3.8, 4) is 0 Å². The van der Waals surface area contributed by atoms with E-state index in [1.54, 1.807) is 64.2 Å². The molecule has 0 bridgehead atoms. The van der Waals surface area contributed by atoms with Crippen LogP contribution in [0.1, 0.15) is 103 Å². The summed E-state index contributed by atoms with van der Waals surface area (Å²) in [6.45, 7) is 2.32. The first kappa shape index (κ1) is 15.9. The number of fused-ring (bicyclic) bond motifs is 3. The molecule has 3 rings (SSSR count). The second-order valence-electron chi connectivity index (χ2n) is 8.59. The third-order valence-corrected chi connectivity index (χ3v) is 7.29. The van der Waals surface area contributed by atoms with Crippen molar-refractivity contribution >= 4 is 0 Å². The average Bonchev–Trinajstić information content (AvgIpc) is 2.54. The third kappa shape index (κ3) is 4.05. The fraction of sp³-hybridized carbons (Fsp3) is 1.00. The molecule has 3 aliphatic rings. The molecule has 0 saturated heterocycles. The lowest BCUT2D eigenvalue weighted by Crippen LogP contribution is -2.40. The molecule has 0 N–H and O–H groups in total. The van der Waals surface area contributed by atoms with Crippen LogP contribution in [-0.4, -0.2) is 0 Å². The summed E-state index contributed by atoms with van der Waals surface area (Å²) in [5, 5.41) is 0. The lowest BCUT2D eigenvalue weighted by atomic mass is 9.56. The van der Waals surface area contributed by atoms with Gasteiger partial charge in [0.25, 0.3) is 0 Å². The Morgan fingerprint density at radius 1 is 0.667 bits per heavy atom. The second-order valence-corrected chi connectivity index (χ2v) is 8.59. The first-order valence-corrected chi connectivity index (χ1v) is 10.4. The van der Waals surface area contributed by atoms with Crippen molar-refractivity contribution in [2.24, 2.45) is 29.6 Å². The molecule has 0 amide bonds. The smallest absolute Gasteiger partial charge is 0.0355 e. The molecule has 0 nitrogen and oxygen atoms in total. The van der Waals surface area contributed by atoms with E-state index in [1.165, 1.54) is 32.1 Å². The van der Waals surface area contributed by atoms with E-state index in [0.29, 0.717) is 0 Å². The van der Waals surface area contributed by atoms with Gasteiger partial charge in [-0.2, -0.15) is 0 Å². The predicted octanol–water partition coefficient (Wildman–Crippen LogP) is 6.98. The summed E-state index contributed by atoms with van der Waals surface area (Å²) in [6, 6.07) is 0. The van der Waals surface area contributed by atoms with Crippen LogP contribution in [0.2, 0.25) is 0 Å². The Morgan fingerprint density at radius 2 is 1.43 bits per heavy atom. The molecule has 0 aromatic carbocycles. The van der Waals surface area contributed by atoms with E-state index < -0.39 is 0 Å². The number of hydrogen-bond donors (Lipinski definition) is 0. The first-order chi connectivity index (χ1) is 10.4. The van der Waals surface area contributed by atoms with Gasteiger partial charge in [-0.15, -0.1) is 0 Å². The van der Waals surface area contributed by atoms with E-state index in [9.17, 15) is 0 Å². The molecule has 21 heavy (non-hydrogen) atoms. The molecular weight excluding hydrogens is 252 g/mol. The lowest BCUT2D eigenvalue weighted by Gasteiger charge is -2.49. The van der Waals surface area contributed by atoms with Gasteiger partial charge < -0.3 is 0 Å². The standard InChI is InChI=1S/C21H38/c1-2-3-4-5-6-9-17-12-15-21-19(16-17)14-13-18-10-7-8-11-20(18)21/h17-21H,2-16H2,1H3. The zero-order valence-electron chi connectivity index (χ0n) is 14.5. The van der Waals surface area contributed by atoms with Gasteiger partial charge in [-0.3, -0.25) is 0 Å². The number of unbranched alkanes of at least 4 members (excludes halogenated alkanes) is 4. The van der Waals surface area contributed by atoms with E-state index in [2.05, 4.69) is 6.92 Å². The highest BCUT2D eigenvalue weighted by molar-refractivity contribution is 4.92. The minimum absolute atomic E-state index is 1.10. The predicted molar refractivity (Wildman–Crippen MR) is 92.4 cm³/mol. The summed E-state index contributed by atoms with van der Waals surface area (Å²) < 4.78 is 0. The van der Waals surface area contributed by atoms with Gasteiger partial charge in [-0.05, 0) is 61.7 Å². The zero-order chi connectivity index (χ0) is 14.5. The normalized spacial score (nSPS) is 39.6. The summed E-state index contributed by atoms with van der Waals surface area (Å²) in [7, 11) is 0. The molecule has 3 saturated carbocycles. The molecule has 3 aliphatic carbocycles. The molecule has 3 fully saturated rings. The van der Waals surface area contributed by atoms with Gasteiger partial charge in [-0.25, -0.2) is 0 Å². The van der Waals surface area contributed by atoms with Crippen molar-refractivity contribution in [1.29, 1.82) is 0 Å². The Kier molecular flexibility index (Phi) is 6.07. The van der Waals surface area contributed by atoms with Crippen LogP contribution in [0.5, 0.6) is 0 Å². The number of rotatable bonds is 6. The van der Waals surface area contributed by atoms with Crippen LogP contribution < -0.4 is 0 Å². The average molecular weight is 291 g/mol. The maximum atomic E-state index is 2.32. The monoisotopic (exact) mass is 290 g/mol. The SMILES string of the molecule is CCCCCCCC1CCC2C(CCC3CCCCC32)C1.